The Labute approximate surface area is 183 Å². The van der Waals surface area contributed by atoms with Gasteiger partial charge in [-0.05, 0) is 31.2 Å². The Hall–Kier alpha value is -3.45. The Balaban J connectivity index is 1.97. The van der Waals surface area contributed by atoms with Gasteiger partial charge in [-0.2, -0.15) is 13.9 Å². The number of carbonyl (C=O) groups is 1. The third-order valence-electron chi connectivity index (χ3n) is 4.76. The van der Waals surface area contributed by atoms with Gasteiger partial charge in [0, 0.05) is 5.56 Å². The molecule has 0 aliphatic carbocycles. The first-order chi connectivity index (χ1) is 15.2. The number of carbonyl (C=O) groups excluding carboxylic acids is 1. The Morgan fingerprint density at radius 1 is 1.19 bits per heavy atom. The predicted octanol–water partition coefficient (Wildman–Crippen LogP) is 5.35. The zero-order chi connectivity index (χ0) is 23.0. The molecule has 1 unspecified atom stereocenters. The molecule has 32 heavy (non-hydrogen) atoms. The molecule has 6 nitrogen and oxygen atoms in total. The second-order valence-electron chi connectivity index (χ2n) is 7.02. The van der Waals surface area contributed by atoms with E-state index in [9.17, 15) is 18.0 Å². The second-order valence-corrected chi connectivity index (χ2v) is 7.74. The first-order valence-corrected chi connectivity index (χ1v) is 9.95. The number of alkyl halides is 2. The molecular weight excluding hydrogens is 442 g/mol. The topological polar surface area (TPSA) is 70.2 Å². The number of aromatic nitrogens is 3. The van der Waals surface area contributed by atoms with Crippen LogP contribution in [0.25, 0.3) is 28.3 Å². The third kappa shape index (κ3) is 3.91. The lowest BCUT2D eigenvalue weighted by molar-refractivity contribution is 0.0601. The minimum absolute atomic E-state index is 0.0754. The highest BCUT2D eigenvalue weighted by molar-refractivity contribution is 7.17. The number of aryl methyl sites for hydroxylation is 1. The number of benzene rings is 2. The van der Waals surface area contributed by atoms with Crippen molar-refractivity contribution in [1.29, 1.82) is 0 Å². The van der Waals surface area contributed by atoms with E-state index in [2.05, 4.69) is 10.3 Å². The highest BCUT2D eigenvalue weighted by Gasteiger charge is 2.38. The van der Waals surface area contributed by atoms with Crippen LogP contribution in [0.15, 0.2) is 59.3 Å². The van der Waals surface area contributed by atoms with Gasteiger partial charge in [-0.25, -0.2) is 13.9 Å². The van der Waals surface area contributed by atoms with E-state index in [4.69, 9.17) is 9.26 Å². The fraction of sp³-hybridized carbons (Fsp3) is 0.136. The van der Waals surface area contributed by atoms with Crippen molar-refractivity contribution in [2.75, 3.05) is 7.11 Å². The number of hydrogen-bond acceptors (Lipinski definition) is 5. The van der Waals surface area contributed by atoms with Crippen LogP contribution in [-0.2, 0) is 10.4 Å². The molecule has 0 amide bonds. The zero-order valence-electron chi connectivity index (χ0n) is 17.0. The van der Waals surface area contributed by atoms with Crippen LogP contribution in [0.1, 0.15) is 21.6 Å². The van der Waals surface area contributed by atoms with Crippen LogP contribution in [0.2, 0.25) is 0 Å². The van der Waals surface area contributed by atoms with E-state index in [1.807, 2.05) is 13.0 Å². The van der Waals surface area contributed by atoms with E-state index >= 15 is 0 Å². The van der Waals surface area contributed by atoms with Gasteiger partial charge in [0.25, 0.3) is 0 Å². The second kappa shape index (κ2) is 8.24. The molecule has 4 rings (SSSR count). The van der Waals surface area contributed by atoms with E-state index < -0.39 is 23.1 Å². The van der Waals surface area contributed by atoms with Crippen molar-refractivity contribution in [3.63, 3.8) is 0 Å². The van der Waals surface area contributed by atoms with Gasteiger partial charge in [-0.15, -0.1) is 0 Å². The minimum Gasteiger partial charge on any atom is -0.465 e. The quantitative estimate of drug-likeness (QED) is 0.297. The molecule has 0 saturated carbocycles. The molecule has 0 aliphatic heterocycles. The average molecular weight is 459 g/mol. The molecule has 10 heteroatoms. The van der Waals surface area contributed by atoms with Crippen LogP contribution in [0.4, 0.5) is 13.2 Å². The van der Waals surface area contributed by atoms with Gasteiger partial charge in [0.1, 0.15) is 22.8 Å². The first-order valence-electron chi connectivity index (χ1n) is 9.37. The zero-order valence-corrected chi connectivity index (χ0v) is 18.1. The summed E-state index contributed by atoms with van der Waals surface area (Å²) in [6.07, 6.45) is 1.12. The maximum absolute atomic E-state index is 14.7. The summed E-state index contributed by atoms with van der Waals surface area (Å²) >= 11 is 0. The minimum atomic E-state index is -3.50. The largest absolute Gasteiger partial charge is 0.465 e. The van der Waals surface area contributed by atoms with Crippen LogP contribution in [0, 0.1) is 12.7 Å². The maximum atomic E-state index is 14.7. The van der Waals surface area contributed by atoms with Gasteiger partial charge in [-0.3, -0.25) is 0 Å². The average Bonchev–Trinajstić information content (AvgIpc) is 3.37. The molecule has 2 heterocycles. The maximum Gasteiger partial charge on any atom is 0.344 e. The highest BCUT2D eigenvalue weighted by atomic mass is 31.0. The Kier molecular flexibility index (Phi) is 5.60. The van der Waals surface area contributed by atoms with E-state index in [1.165, 1.54) is 34.5 Å². The van der Waals surface area contributed by atoms with Crippen molar-refractivity contribution in [2.45, 2.75) is 12.6 Å². The Morgan fingerprint density at radius 3 is 2.59 bits per heavy atom. The van der Waals surface area contributed by atoms with Gasteiger partial charge in [0.2, 0.25) is 0 Å². The lowest BCUT2D eigenvalue weighted by Crippen LogP contribution is -2.13. The number of nitrogens with zero attached hydrogens (tertiary/aromatic N) is 3. The lowest BCUT2D eigenvalue weighted by atomic mass is 10.0. The van der Waals surface area contributed by atoms with Crippen LogP contribution in [0.5, 0.6) is 0 Å². The van der Waals surface area contributed by atoms with E-state index in [-0.39, 0.29) is 28.3 Å². The van der Waals surface area contributed by atoms with Gasteiger partial charge in [0.15, 0.2) is 5.76 Å². The van der Waals surface area contributed by atoms with Crippen LogP contribution in [-0.4, -0.2) is 28.0 Å². The van der Waals surface area contributed by atoms with E-state index in [0.717, 1.165) is 22.5 Å². The van der Waals surface area contributed by atoms with E-state index in [0.29, 0.717) is 5.56 Å². The molecule has 0 saturated heterocycles. The Morgan fingerprint density at radius 2 is 1.94 bits per heavy atom. The summed E-state index contributed by atoms with van der Waals surface area (Å²) in [6, 6.07) is 12.2. The lowest BCUT2D eigenvalue weighted by Gasteiger charge is -2.15. The summed E-state index contributed by atoms with van der Waals surface area (Å²) in [7, 11) is 2.59. The summed E-state index contributed by atoms with van der Waals surface area (Å²) in [5.41, 5.74) is -2.74. The third-order valence-corrected chi connectivity index (χ3v) is 5.03. The van der Waals surface area contributed by atoms with Crippen molar-refractivity contribution in [1.82, 2.24) is 14.9 Å². The summed E-state index contributed by atoms with van der Waals surface area (Å²) in [6.45, 7) is 1.86. The standard InChI is InChI=1S/C22H17F3N3O3P/c1-12-5-3-6-13(9-12)18-17(21(29)30-2)19(31-27-18)16-11-26-28(20(16)22(24,25)32)15-8-4-7-14(23)10-15/h3-11H,32H2,1-2H3. The van der Waals surface area contributed by atoms with Crippen molar-refractivity contribution in [3.8, 4) is 28.3 Å². The van der Waals surface area contributed by atoms with Crippen molar-refractivity contribution in [3.05, 3.63) is 77.4 Å². The fourth-order valence-corrected chi connectivity index (χ4v) is 3.67. The van der Waals surface area contributed by atoms with Crippen molar-refractivity contribution < 1.29 is 27.2 Å². The molecule has 0 spiro atoms. The number of esters is 1. The van der Waals surface area contributed by atoms with Gasteiger partial charge in [0.05, 0.1) is 24.6 Å². The fourth-order valence-electron chi connectivity index (χ4n) is 3.39. The molecule has 0 radical (unpaired) electrons. The summed E-state index contributed by atoms with van der Waals surface area (Å²) in [5.74, 6) is -1.66. The van der Waals surface area contributed by atoms with Crippen LogP contribution < -0.4 is 0 Å². The molecule has 1 atom stereocenters. The molecule has 2 aromatic carbocycles. The molecular formula is C22H17F3N3O3P. The number of methoxy groups -OCH3 is 1. The highest BCUT2D eigenvalue weighted by Crippen LogP contribution is 2.44. The number of rotatable bonds is 5. The van der Waals surface area contributed by atoms with Crippen LogP contribution >= 0.6 is 9.24 Å². The summed E-state index contributed by atoms with van der Waals surface area (Å²) < 4.78 is 54.3. The predicted molar refractivity (Wildman–Crippen MR) is 114 cm³/mol. The SMILES string of the molecule is COC(=O)c1c(-c2cccc(C)c2)noc1-c1cnn(-c2cccc(F)c2)c1C(F)(F)P. The molecule has 164 valence electrons. The first kappa shape index (κ1) is 21.8. The summed E-state index contributed by atoms with van der Waals surface area (Å²) in [4.78, 5) is 12.6. The molecule has 0 fully saturated rings. The molecule has 0 aliphatic rings. The number of halogens is 3. The van der Waals surface area contributed by atoms with Crippen LogP contribution in [0.3, 0.4) is 0 Å². The monoisotopic (exact) mass is 459 g/mol. The molecule has 0 N–H and O–H groups in total. The van der Waals surface area contributed by atoms with E-state index in [1.54, 1.807) is 18.2 Å². The van der Waals surface area contributed by atoms with Gasteiger partial charge >= 0.3 is 11.6 Å². The molecule has 2 aromatic heterocycles. The smallest absolute Gasteiger partial charge is 0.344 e. The van der Waals surface area contributed by atoms with Gasteiger partial charge in [-0.1, -0.05) is 44.2 Å². The van der Waals surface area contributed by atoms with Crippen molar-refractivity contribution in [2.24, 2.45) is 0 Å². The molecule has 4 aromatic rings. The van der Waals surface area contributed by atoms with Crippen molar-refractivity contribution >= 4 is 15.2 Å². The normalized spacial score (nSPS) is 11.6. The Bertz CT molecular complexity index is 1310. The van der Waals surface area contributed by atoms with Gasteiger partial charge < -0.3 is 9.26 Å². The summed E-state index contributed by atoms with van der Waals surface area (Å²) in [5, 5.41) is 7.98. The number of hydrogen-bond donors (Lipinski definition) is 0. The molecule has 0 bridgehead atoms. The number of ether oxygens (including phenoxy) is 1.